The first kappa shape index (κ1) is 13.8. The summed E-state index contributed by atoms with van der Waals surface area (Å²) in [4.78, 5) is 11.1. The van der Waals surface area contributed by atoms with Crippen LogP contribution >= 0.6 is 11.8 Å². The largest absolute Gasteiger partial charge is 0.392 e. The molecule has 0 aromatic carbocycles. The van der Waals surface area contributed by atoms with Gasteiger partial charge in [-0.25, -0.2) is 0 Å². The highest BCUT2D eigenvalue weighted by molar-refractivity contribution is 7.99. The molecule has 0 saturated carbocycles. The average Bonchev–Trinajstić information content (AvgIpc) is 2.14. The number of hydrogen-bond donors (Lipinski definition) is 2. The normalized spacial score (nSPS) is 12.5. The van der Waals surface area contributed by atoms with Crippen molar-refractivity contribution in [3.05, 3.63) is 0 Å². The quantitative estimate of drug-likeness (QED) is 0.607. The molecule has 2 N–H and O–H groups in total. The molecular formula is C10H21NO2S. The van der Waals surface area contributed by atoms with E-state index in [9.17, 15) is 4.79 Å². The molecule has 0 aliphatic rings. The molecule has 4 heteroatoms. The smallest absolute Gasteiger partial charge is 0.220 e. The zero-order valence-electron chi connectivity index (χ0n) is 9.08. The van der Waals surface area contributed by atoms with Gasteiger partial charge < -0.3 is 10.4 Å². The van der Waals surface area contributed by atoms with Crippen molar-refractivity contribution in [2.24, 2.45) is 0 Å². The molecule has 1 unspecified atom stereocenters. The third-order valence-electron chi connectivity index (χ3n) is 1.71. The van der Waals surface area contributed by atoms with E-state index >= 15 is 0 Å². The Morgan fingerprint density at radius 2 is 2.21 bits per heavy atom. The van der Waals surface area contributed by atoms with Crippen LogP contribution < -0.4 is 5.32 Å². The fraction of sp³-hybridized carbons (Fsp3) is 0.900. The lowest BCUT2D eigenvalue weighted by molar-refractivity contribution is -0.121. The molecule has 0 aliphatic carbocycles. The van der Waals surface area contributed by atoms with Gasteiger partial charge in [0.1, 0.15) is 0 Å². The maximum Gasteiger partial charge on any atom is 0.220 e. The van der Waals surface area contributed by atoms with Gasteiger partial charge in [-0.1, -0.05) is 13.3 Å². The summed E-state index contributed by atoms with van der Waals surface area (Å²) in [5.41, 5.74) is 0. The Hall–Kier alpha value is -0.220. The molecule has 0 saturated heterocycles. The van der Waals surface area contributed by atoms with Gasteiger partial charge in [0, 0.05) is 18.7 Å². The van der Waals surface area contributed by atoms with Crippen molar-refractivity contribution in [3.63, 3.8) is 0 Å². The first-order valence-corrected chi connectivity index (χ1v) is 6.34. The summed E-state index contributed by atoms with van der Waals surface area (Å²) in [6.45, 7) is 4.19. The van der Waals surface area contributed by atoms with Crippen molar-refractivity contribution in [3.8, 4) is 0 Å². The molecule has 0 aromatic heterocycles. The number of nitrogens with one attached hydrogen (secondary N) is 1. The molecule has 0 spiro atoms. The Morgan fingerprint density at radius 3 is 2.79 bits per heavy atom. The lowest BCUT2D eigenvalue weighted by Gasteiger charge is -2.06. The SMILES string of the molecule is CCCCSCCC(=O)NCC(C)O. The van der Waals surface area contributed by atoms with E-state index in [0.29, 0.717) is 13.0 Å². The summed E-state index contributed by atoms with van der Waals surface area (Å²) in [5, 5.41) is 11.6. The summed E-state index contributed by atoms with van der Waals surface area (Å²) in [6, 6.07) is 0. The number of aliphatic hydroxyl groups excluding tert-OH is 1. The maximum absolute atomic E-state index is 11.1. The van der Waals surface area contributed by atoms with Crippen LogP contribution in [0.1, 0.15) is 33.1 Å². The number of hydrogen-bond acceptors (Lipinski definition) is 3. The van der Waals surface area contributed by atoms with Crippen molar-refractivity contribution in [2.75, 3.05) is 18.1 Å². The maximum atomic E-state index is 11.1. The second-order valence-corrected chi connectivity index (χ2v) is 4.59. The van der Waals surface area contributed by atoms with E-state index in [4.69, 9.17) is 5.11 Å². The fourth-order valence-corrected chi connectivity index (χ4v) is 1.89. The Balaban J connectivity index is 3.18. The zero-order chi connectivity index (χ0) is 10.8. The number of carbonyl (C=O) groups excluding carboxylic acids is 1. The Bertz CT molecular complexity index is 151. The van der Waals surface area contributed by atoms with Gasteiger partial charge in [-0.05, 0) is 19.1 Å². The molecule has 3 nitrogen and oxygen atoms in total. The van der Waals surface area contributed by atoms with Crippen LogP contribution in [0, 0.1) is 0 Å². The zero-order valence-corrected chi connectivity index (χ0v) is 9.90. The van der Waals surface area contributed by atoms with Crippen molar-refractivity contribution in [1.29, 1.82) is 0 Å². The summed E-state index contributed by atoms with van der Waals surface area (Å²) in [6.07, 6.45) is 2.54. The van der Waals surface area contributed by atoms with Crippen LogP contribution in [0.5, 0.6) is 0 Å². The summed E-state index contributed by atoms with van der Waals surface area (Å²) in [5.74, 6) is 2.06. The number of thioether (sulfide) groups is 1. The van der Waals surface area contributed by atoms with E-state index in [1.165, 1.54) is 12.8 Å². The van der Waals surface area contributed by atoms with Crippen LogP contribution in [0.2, 0.25) is 0 Å². The highest BCUT2D eigenvalue weighted by atomic mass is 32.2. The molecule has 14 heavy (non-hydrogen) atoms. The topological polar surface area (TPSA) is 49.3 Å². The molecular weight excluding hydrogens is 198 g/mol. The first-order chi connectivity index (χ1) is 6.66. The lowest BCUT2D eigenvalue weighted by Crippen LogP contribution is -2.30. The summed E-state index contributed by atoms with van der Waals surface area (Å²) < 4.78 is 0. The van der Waals surface area contributed by atoms with Crippen molar-refractivity contribution >= 4 is 17.7 Å². The molecule has 1 atom stereocenters. The van der Waals surface area contributed by atoms with Crippen LogP contribution in [-0.2, 0) is 4.79 Å². The first-order valence-electron chi connectivity index (χ1n) is 5.19. The van der Waals surface area contributed by atoms with Gasteiger partial charge >= 0.3 is 0 Å². The van der Waals surface area contributed by atoms with E-state index in [1.807, 2.05) is 11.8 Å². The molecule has 84 valence electrons. The van der Waals surface area contributed by atoms with Crippen molar-refractivity contribution in [2.45, 2.75) is 39.2 Å². The molecule has 0 rings (SSSR count). The second kappa shape index (κ2) is 9.34. The number of amides is 1. The highest BCUT2D eigenvalue weighted by Gasteiger charge is 2.02. The third-order valence-corrected chi connectivity index (χ3v) is 2.78. The minimum absolute atomic E-state index is 0.0369. The summed E-state index contributed by atoms with van der Waals surface area (Å²) in [7, 11) is 0. The third kappa shape index (κ3) is 9.86. The molecule has 0 fully saturated rings. The predicted octanol–water partition coefficient (Wildman–Crippen LogP) is 1.41. The van der Waals surface area contributed by atoms with Crippen LogP contribution in [0.15, 0.2) is 0 Å². The Labute approximate surface area is 90.7 Å². The fourth-order valence-electron chi connectivity index (χ4n) is 0.863. The number of unbranched alkanes of at least 4 members (excludes halogenated alkanes) is 1. The Kier molecular flexibility index (Phi) is 9.19. The van der Waals surface area contributed by atoms with E-state index in [1.54, 1.807) is 6.92 Å². The second-order valence-electron chi connectivity index (χ2n) is 3.37. The monoisotopic (exact) mass is 219 g/mol. The molecule has 0 aliphatic heterocycles. The van der Waals surface area contributed by atoms with E-state index in [0.717, 1.165) is 11.5 Å². The van der Waals surface area contributed by atoms with Gasteiger partial charge in [0.15, 0.2) is 0 Å². The highest BCUT2D eigenvalue weighted by Crippen LogP contribution is 2.05. The molecule has 0 radical (unpaired) electrons. The molecule has 1 amide bonds. The number of rotatable bonds is 8. The van der Waals surface area contributed by atoms with E-state index < -0.39 is 6.10 Å². The number of aliphatic hydroxyl groups is 1. The van der Waals surface area contributed by atoms with Gasteiger partial charge in [-0.2, -0.15) is 11.8 Å². The average molecular weight is 219 g/mol. The minimum Gasteiger partial charge on any atom is -0.392 e. The van der Waals surface area contributed by atoms with Crippen LogP contribution in [-0.4, -0.2) is 35.2 Å². The predicted molar refractivity (Wildman–Crippen MR) is 61.5 cm³/mol. The minimum atomic E-state index is -0.452. The van der Waals surface area contributed by atoms with Gasteiger partial charge in [-0.3, -0.25) is 4.79 Å². The number of carbonyl (C=O) groups is 1. The molecule has 0 aromatic rings. The molecule has 0 heterocycles. The van der Waals surface area contributed by atoms with Gasteiger partial charge in [0.25, 0.3) is 0 Å². The van der Waals surface area contributed by atoms with Crippen LogP contribution in [0.4, 0.5) is 0 Å². The standard InChI is InChI=1S/C10H21NO2S/c1-3-4-6-14-7-5-10(13)11-8-9(2)12/h9,12H,3-8H2,1-2H3,(H,11,13). The van der Waals surface area contributed by atoms with E-state index in [-0.39, 0.29) is 5.91 Å². The van der Waals surface area contributed by atoms with Crippen LogP contribution in [0.25, 0.3) is 0 Å². The van der Waals surface area contributed by atoms with Gasteiger partial charge in [-0.15, -0.1) is 0 Å². The van der Waals surface area contributed by atoms with Crippen molar-refractivity contribution < 1.29 is 9.90 Å². The van der Waals surface area contributed by atoms with Crippen molar-refractivity contribution in [1.82, 2.24) is 5.32 Å². The van der Waals surface area contributed by atoms with Gasteiger partial charge in [0.05, 0.1) is 6.10 Å². The van der Waals surface area contributed by atoms with E-state index in [2.05, 4.69) is 12.2 Å². The molecule has 0 bridgehead atoms. The van der Waals surface area contributed by atoms with Crippen LogP contribution in [0.3, 0.4) is 0 Å². The Morgan fingerprint density at radius 1 is 1.50 bits per heavy atom. The summed E-state index contributed by atoms with van der Waals surface area (Å²) >= 11 is 1.82. The van der Waals surface area contributed by atoms with Gasteiger partial charge in [0.2, 0.25) is 5.91 Å². The lowest BCUT2D eigenvalue weighted by atomic mass is 10.4.